The molecule has 0 aromatic carbocycles. The van der Waals surface area contributed by atoms with Crippen LogP contribution < -0.4 is 5.69 Å². The molecule has 4 nitrogen and oxygen atoms in total. The number of thiol groups is 1. The van der Waals surface area contributed by atoms with E-state index in [-0.39, 0.29) is 11.1 Å². The third-order valence-electron chi connectivity index (χ3n) is 3.41. The first kappa shape index (κ1) is 11.8. The predicted molar refractivity (Wildman–Crippen MR) is 66.0 cm³/mol. The van der Waals surface area contributed by atoms with Crippen molar-refractivity contribution in [1.82, 2.24) is 9.13 Å². The van der Waals surface area contributed by atoms with Crippen molar-refractivity contribution < 1.29 is 4.74 Å². The lowest BCUT2D eigenvalue weighted by Gasteiger charge is -2.35. The number of nitrogens with zero attached hydrogens (tertiary/aromatic N) is 2. The van der Waals surface area contributed by atoms with Gasteiger partial charge >= 0.3 is 5.69 Å². The number of hydrogen-bond acceptors (Lipinski definition) is 3. The quantitative estimate of drug-likeness (QED) is 0.800. The van der Waals surface area contributed by atoms with E-state index < -0.39 is 0 Å². The molecule has 1 aliphatic heterocycles. The summed E-state index contributed by atoms with van der Waals surface area (Å²) in [6.45, 7) is 2.31. The van der Waals surface area contributed by atoms with Gasteiger partial charge < -0.3 is 9.30 Å². The second-order valence-electron chi connectivity index (χ2n) is 4.59. The van der Waals surface area contributed by atoms with Crippen LogP contribution in [-0.2, 0) is 18.3 Å². The van der Waals surface area contributed by atoms with Crippen LogP contribution in [-0.4, -0.2) is 28.1 Å². The lowest BCUT2D eigenvalue weighted by atomic mass is 9.82. The van der Waals surface area contributed by atoms with E-state index in [2.05, 4.69) is 12.6 Å². The highest BCUT2D eigenvalue weighted by molar-refractivity contribution is 7.80. The molecule has 5 heteroatoms. The molecule has 1 aromatic rings. The van der Waals surface area contributed by atoms with E-state index >= 15 is 0 Å². The largest absolute Gasteiger partial charge is 0.381 e. The van der Waals surface area contributed by atoms with Gasteiger partial charge in [0.15, 0.2) is 0 Å². The first-order valence-corrected chi connectivity index (χ1v) is 6.20. The van der Waals surface area contributed by atoms with Crippen molar-refractivity contribution in [3.63, 3.8) is 0 Å². The Kier molecular flexibility index (Phi) is 3.44. The Morgan fingerprint density at radius 3 is 2.62 bits per heavy atom. The summed E-state index contributed by atoms with van der Waals surface area (Å²) in [4.78, 5) is 11.8. The van der Waals surface area contributed by atoms with Crippen LogP contribution in [0.25, 0.3) is 0 Å². The SMILES string of the molecule is Cn1ccn(CC2(CS)CCOCC2)c1=O. The van der Waals surface area contributed by atoms with E-state index in [1.807, 2.05) is 6.20 Å². The summed E-state index contributed by atoms with van der Waals surface area (Å²) in [7, 11) is 1.77. The van der Waals surface area contributed by atoms with Crippen LogP contribution in [0.4, 0.5) is 0 Å². The highest BCUT2D eigenvalue weighted by Crippen LogP contribution is 2.33. The molecule has 0 aliphatic carbocycles. The van der Waals surface area contributed by atoms with Crippen LogP contribution in [0.15, 0.2) is 17.2 Å². The summed E-state index contributed by atoms with van der Waals surface area (Å²) in [6, 6.07) is 0. The Morgan fingerprint density at radius 1 is 1.44 bits per heavy atom. The lowest BCUT2D eigenvalue weighted by Crippen LogP contribution is -2.38. The fourth-order valence-electron chi connectivity index (χ4n) is 2.16. The van der Waals surface area contributed by atoms with Crippen LogP contribution in [0, 0.1) is 5.41 Å². The molecule has 2 heterocycles. The Morgan fingerprint density at radius 2 is 2.12 bits per heavy atom. The van der Waals surface area contributed by atoms with Crippen LogP contribution in [0.3, 0.4) is 0 Å². The number of aromatic nitrogens is 2. The molecular weight excluding hydrogens is 224 g/mol. The van der Waals surface area contributed by atoms with Crippen molar-refractivity contribution in [2.75, 3.05) is 19.0 Å². The number of ether oxygens (including phenoxy) is 1. The minimum atomic E-state index is 0.0488. The normalized spacial score (nSPS) is 19.9. The van der Waals surface area contributed by atoms with Gasteiger partial charge in [0.25, 0.3) is 0 Å². The van der Waals surface area contributed by atoms with E-state index in [1.54, 1.807) is 22.4 Å². The maximum Gasteiger partial charge on any atom is 0.327 e. The van der Waals surface area contributed by atoms with Gasteiger partial charge in [0, 0.05) is 44.6 Å². The van der Waals surface area contributed by atoms with E-state index in [1.165, 1.54) is 0 Å². The van der Waals surface area contributed by atoms with E-state index in [4.69, 9.17) is 4.74 Å². The molecule has 0 unspecified atom stereocenters. The predicted octanol–water partition coefficient (Wildman–Crippen LogP) is 0.913. The van der Waals surface area contributed by atoms with Gasteiger partial charge in [-0.25, -0.2) is 4.79 Å². The van der Waals surface area contributed by atoms with Gasteiger partial charge in [0.05, 0.1) is 0 Å². The summed E-state index contributed by atoms with van der Waals surface area (Å²) in [6.07, 6.45) is 5.62. The molecule has 0 radical (unpaired) electrons. The summed E-state index contributed by atoms with van der Waals surface area (Å²) in [5, 5.41) is 0. The van der Waals surface area contributed by atoms with Crippen molar-refractivity contribution in [3.05, 3.63) is 22.9 Å². The second-order valence-corrected chi connectivity index (χ2v) is 4.91. The topological polar surface area (TPSA) is 36.2 Å². The first-order valence-electron chi connectivity index (χ1n) is 5.57. The molecule has 0 saturated carbocycles. The van der Waals surface area contributed by atoms with Gasteiger partial charge in [-0.3, -0.25) is 4.57 Å². The van der Waals surface area contributed by atoms with Gasteiger partial charge in [0.2, 0.25) is 0 Å². The molecule has 1 aromatic heterocycles. The zero-order valence-electron chi connectivity index (χ0n) is 9.56. The Hall–Kier alpha value is -0.680. The smallest absolute Gasteiger partial charge is 0.327 e. The highest BCUT2D eigenvalue weighted by atomic mass is 32.1. The molecule has 1 fully saturated rings. The van der Waals surface area contributed by atoms with Crippen molar-refractivity contribution in [2.45, 2.75) is 19.4 Å². The first-order chi connectivity index (χ1) is 7.67. The molecule has 0 atom stereocenters. The van der Waals surface area contributed by atoms with Crippen molar-refractivity contribution >= 4 is 12.6 Å². The molecule has 90 valence electrons. The third kappa shape index (κ3) is 2.20. The highest BCUT2D eigenvalue weighted by Gasteiger charge is 2.32. The zero-order chi connectivity index (χ0) is 11.6. The Balaban J connectivity index is 2.18. The summed E-state index contributed by atoms with van der Waals surface area (Å²) in [5.41, 5.74) is 0.166. The van der Waals surface area contributed by atoms with Crippen LogP contribution in [0.2, 0.25) is 0 Å². The molecular formula is C11H18N2O2S. The Bertz CT molecular complexity index is 404. The fraction of sp³-hybridized carbons (Fsp3) is 0.727. The lowest BCUT2D eigenvalue weighted by molar-refractivity contribution is 0.0177. The van der Waals surface area contributed by atoms with Crippen LogP contribution in [0.1, 0.15) is 12.8 Å². The molecule has 16 heavy (non-hydrogen) atoms. The molecule has 0 N–H and O–H groups in total. The minimum Gasteiger partial charge on any atom is -0.381 e. The van der Waals surface area contributed by atoms with Crippen LogP contribution >= 0.6 is 12.6 Å². The summed E-state index contributed by atoms with van der Waals surface area (Å²) >= 11 is 4.44. The monoisotopic (exact) mass is 242 g/mol. The van der Waals surface area contributed by atoms with Gasteiger partial charge in [0.1, 0.15) is 0 Å². The molecule has 0 amide bonds. The van der Waals surface area contributed by atoms with Crippen molar-refractivity contribution in [1.29, 1.82) is 0 Å². The maximum absolute atomic E-state index is 11.8. The molecule has 1 saturated heterocycles. The number of aryl methyl sites for hydroxylation is 1. The average molecular weight is 242 g/mol. The third-order valence-corrected chi connectivity index (χ3v) is 4.08. The fourth-order valence-corrected chi connectivity index (χ4v) is 2.58. The summed E-state index contributed by atoms with van der Waals surface area (Å²) < 4.78 is 8.76. The molecule has 2 rings (SSSR count). The van der Waals surface area contributed by atoms with E-state index in [9.17, 15) is 4.79 Å². The molecule has 0 bridgehead atoms. The number of hydrogen-bond donors (Lipinski definition) is 1. The zero-order valence-corrected chi connectivity index (χ0v) is 10.4. The van der Waals surface area contributed by atoms with Crippen LogP contribution in [0.5, 0.6) is 0 Å². The number of rotatable bonds is 3. The molecule has 1 aliphatic rings. The van der Waals surface area contributed by atoms with Gasteiger partial charge in [-0.2, -0.15) is 12.6 Å². The number of imidazole rings is 1. The minimum absolute atomic E-state index is 0.0488. The standard InChI is InChI=1S/C11H18N2O2S/c1-12-4-5-13(10(12)14)8-11(9-16)2-6-15-7-3-11/h4-5,16H,2-3,6-9H2,1H3. The summed E-state index contributed by atoms with van der Waals surface area (Å²) in [5.74, 6) is 0.803. The Labute approximate surface area is 101 Å². The van der Waals surface area contributed by atoms with E-state index in [0.717, 1.165) is 38.4 Å². The maximum atomic E-state index is 11.8. The van der Waals surface area contributed by atoms with Crippen molar-refractivity contribution in [2.24, 2.45) is 12.5 Å². The van der Waals surface area contributed by atoms with E-state index in [0.29, 0.717) is 0 Å². The van der Waals surface area contributed by atoms with Gasteiger partial charge in [-0.05, 0) is 18.6 Å². The van der Waals surface area contributed by atoms with Gasteiger partial charge in [-0.15, -0.1) is 0 Å². The van der Waals surface area contributed by atoms with Gasteiger partial charge in [-0.1, -0.05) is 0 Å². The second kappa shape index (κ2) is 4.67. The molecule has 0 spiro atoms. The average Bonchev–Trinajstić information content (AvgIpc) is 2.62. The van der Waals surface area contributed by atoms with Crippen molar-refractivity contribution in [3.8, 4) is 0 Å².